The van der Waals surface area contributed by atoms with E-state index in [4.69, 9.17) is 16.1 Å². The van der Waals surface area contributed by atoms with Gasteiger partial charge in [0.15, 0.2) is 11.6 Å². The van der Waals surface area contributed by atoms with Crippen molar-refractivity contribution in [2.75, 3.05) is 4.90 Å². The first-order chi connectivity index (χ1) is 16.4. The highest BCUT2D eigenvalue weighted by Gasteiger charge is 2.36. The Hall–Kier alpha value is -4.04. The molecule has 1 unspecified atom stereocenters. The molecule has 0 saturated heterocycles. The van der Waals surface area contributed by atoms with Gasteiger partial charge in [-0.2, -0.15) is 4.98 Å². The predicted octanol–water partition coefficient (Wildman–Crippen LogP) is 6.37. The maximum Gasteiger partial charge on any atom is 0.327 e. The Labute approximate surface area is 198 Å². The number of allylic oxidation sites excluding steroid dienone is 1. The van der Waals surface area contributed by atoms with Crippen LogP contribution in [-0.4, -0.2) is 16.2 Å². The summed E-state index contributed by atoms with van der Waals surface area (Å²) < 4.78 is 33.1. The average Bonchev–Trinajstić information content (AvgIpc) is 3.31. The molecule has 0 bridgehead atoms. The number of rotatable bonds is 4. The van der Waals surface area contributed by atoms with E-state index in [0.29, 0.717) is 27.7 Å². The molecule has 34 heavy (non-hydrogen) atoms. The zero-order chi connectivity index (χ0) is 23.8. The molecule has 9 heteroatoms. The largest absolute Gasteiger partial charge is 0.334 e. The highest BCUT2D eigenvalue weighted by molar-refractivity contribution is 6.30. The van der Waals surface area contributed by atoms with Gasteiger partial charge in [0, 0.05) is 22.3 Å². The van der Waals surface area contributed by atoms with E-state index in [-0.39, 0.29) is 11.6 Å². The van der Waals surface area contributed by atoms with E-state index >= 15 is 0 Å². The number of nitrogens with zero attached hydrogens (tertiary/aromatic N) is 3. The number of amides is 2. The van der Waals surface area contributed by atoms with Gasteiger partial charge < -0.3 is 9.84 Å². The molecule has 170 valence electrons. The van der Waals surface area contributed by atoms with Crippen LogP contribution in [0, 0.1) is 11.6 Å². The van der Waals surface area contributed by atoms with E-state index in [1.54, 1.807) is 31.2 Å². The van der Waals surface area contributed by atoms with Gasteiger partial charge in [0.05, 0.1) is 17.3 Å². The van der Waals surface area contributed by atoms with Crippen molar-refractivity contribution in [3.05, 3.63) is 107 Å². The van der Waals surface area contributed by atoms with Gasteiger partial charge in [0.25, 0.3) is 5.89 Å². The molecule has 3 aromatic carbocycles. The lowest BCUT2D eigenvalue weighted by Crippen LogP contribution is -2.46. The van der Waals surface area contributed by atoms with Crippen molar-refractivity contribution in [3.8, 4) is 11.4 Å². The summed E-state index contributed by atoms with van der Waals surface area (Å²) >= 11 is 6.10. The van der Waals surface area contributed by atoms with Gasteiger partial charge in [-0.25, -0.2) is 13.6 Å². The summed E-state index contributed by atoms with van der Waals surface area (Å²) in [5, 5.41) is 7.53. The van der Waals surface area contributed by atoms with E-state index in [9.17, 15) is 13.6 Å². The van der Waals surface area contributed by atoms with Crippen LogP contribution in [-0.2, 0) is 0 Å². The quantitative estimate of drug-likeness (QED) is 0.370. The zero-order valence-corrected chi connectivity index (χ0v) is 18.6. The van der Waals surface area contributed by atoms with Gasteiger partial charge in [0.2, 0.25) is 5.82 Å². The molecule has 5 rings (SSSR count). The molecule has 0 radical (unpaired) electrons. The molecule has 2 heterocycles. The molecule has 1 aromatic heterocycles. The molecule has 0 aliphatic carbocycles. The number of halogens is 3. The third-order valence-electron chi connectivity index (χ3n) is 5.52. The number of hydrogen-bond donors (Lipinski definition) is 1. The molecule has 4 aromatic rings. The van der Waals surface area contributed by atoms with Gasteiger partial charge in [-0.15, -0.1) is 0 Å². The number of benzene rings is 3. The van der Waals surface area contributed by atoms with E-state index in [2.05, 4.69) is 15.5 Å². The number of aromatic nitrogens is 2. The Morgan fingerprint density at radius 3 is 2.53 bits per heavy atom. The Bertz CT molecular complexity index is 1420. The van der Waals surface area contributed by atoms with E-state index in [1.165, 1.54) is 11.0 Å². The third kappa shape index (κ3) is 3.92. The van der Waals surface area contributed by atoms with Crippen LogP contribution in [0.2, 0.25) is 5.02 Å². The Morgan fingerprint density at radius 1 is 1.00 bits per heavy atom. The average molecular weight is 479 g/mol. The molecular weight excluding hydrogens is 462 g/mol. The lowest BCUT2D eigenvalue weighted by atomic mass is 9.94. The highest BCUT2D eigenvalue weighted by atomic mass is 35.5. The first kappa shape index (κ1) is 21.8. The van der Waals surface area contributed by atoms with E-state index < -0.39 is 23.7 Å². The Balaban J connectivity index is 1.66. The van der Waals surface area contributed by atoms with E-state index in [0.717, 1.165) is 17.7 Å². The first-order valence-electron chi connectivity index (χ1n) is 10.3. The summed E-state index contributed by atoms with van der Waals surface area (Å²) in [6.45, 7) is 1.69. The fraction of sp³-hybridized carbons (Fsp3) is 0.0800. The second-order valence-electron chi connectivity index (χ2n) is 7.66. The fourth-order valence-corrected chi connectivity index (χ4v) is 4.12. The maximum atomic E-state index is 14.0. The van der Waals surface area contributed by atoms with Crippen molar-refractivity contribution in [2.24, 2.45) is 0 Å². The van der Waals surface area contributed by atoms with Crippen LogP contribution in [0.3, 0.4) is 0 Å². The minimum absolute atomic E-state index is 0.160. The topological polar surface area (TPSA) is 71.3 Å². The summed E-state index contributed by atoms with van der Waals surface area (Å²) in [6.07, 6.45) is 0. The molecular formula is C25H17ClF2N4O2. The maximum absolute atomic E-state index is 14.0. The van der Waals surface area contributed by atoms with Crippen molar-refractivity contribution in [2.45, 2.75) is 13.0 Å². The van der Waals surface area contributed by atoms with E-state index in [1.807, 2.05) is 30.3 Å². The minimum Gasteiger partial charge on any atom is -0.334 e. The van der Waals surface area contributed by atoms with Crippen LogP contribution < -0.4 is 10.2 Å². The van der Waals surface area contributed by atoms with Crippen molar-refractivity contribution < 1.29 is 18.1 Å². The van der Waals surface area contributed by atoms with Gasteiger partial charge in [0.1, 0.15) is 0 Å². The summed E-state index contributed by atoms with van der Waals surface area (Å²) in [6, 6.07) is 18.4. The van der Waals surface area contributed by atoms with Gasteiger partial charge >= 0.3 is 6.03 Å². The number of anilines is 1. The monoisotopic (exact) mass is 478 g/mol. The number of nitrogens with one attached hydrogen (secondary N) is 1. The van der Waals surface area contributed by atoms with Crippen molar-refractivity contribution in [1.82, 2.24) is 15.5 Å². The standard InChI is InChI=1S/C25H17ClF2N4O2/c1-14-21(24-30-23(31-34-24)16-8-5-9-17(26)12-16)22(15-6-3-2-4-7-15)29-25(33)32(14)18-10-11-19(27)20(28)13-18/h2-13,22H,1H3,(H,29,33). The van der Waals surface area contributed by atoms with Crippen LogP contribution >= 0.6 is 11.6 Å². The lowest BCUT2D eigenvalue weighted by Gasteiger charge is -2.35. The number of carbonyl (C=O) groups excluding carboxylic acids is 1. The summed E-state index contributed by atoms with van der Waals surface area (Å²) in [5.74, 6) is -1.58. The smallest absolute Gasteiger partial charge is 0.327 e. The normalized spacial score (nSPS) is 16.1. The van der Waals surface area contributed by atoms with Crippen molar-refractivity contribution >= 4 is 28.9 Å². The molecule has 0 saturated carbocycles. The molecule has 0 fully saturated rings. The zero-order valence-electron chi connectivity index (χ0n) is 17.8. The fourth-order valence-electron chi connectivity index (χ4n) is 3.93. The van der Waals surface area contributed by atoms with Crippen LogP contribution in [0.25, 0.3) is 17.0 Å². The van der Waals surface area contributed by atoms with Gasteiger partial charge in [-0.1, -0.05) is 59.2 Å². The second-order valence-corrected chi connectivity index (χ2v) is 8.10. The van der Waals surface area contributed by atoms with Crippen molar-refractivity contribution in [1.29, 1.82) is 0 Å². The number of carbonyl (C=O) groups is 1. The molecule has 1 aliphatic rings. The molecule has 1 N–H and O–H groups in total. The van der Waals surface area contributed by atoms with Crippen LogP contribution in [0.15, 0.2) is 83.0 Å². The highest BCUT2D eigenvalue weighted by Crippen LogP contribution is 2.39. The van der Waals surface area contributed by atoms with Gasteiger partial charge in [-0.05, 0) is 36.8 Å². The Morgan fingerprint density at radius 2 is 1.79 bits per heavy atom. The number of urea groups is 1. The van der Waals surface area contributed by atoms with Crippen LogP contribution in [0.5, 0.6) is 0 Å². The number of hydrogen-bond acceptors (Lipinski definition) is 4. The lowest BCUT2D eigenvalue weighted by molar-refractivity contribution is 0.244. The summed E-state index contributed by atoms with van der Waals surface area (Å²) in [5.41, 5.74) is 2.57. The molecule has 1 atom stereocenters. The third-order valence-corrected chi connectivity index (χ3v) is 5.75. The second kappa shape index (κ2) is 8.72. The summed E-state index contributed by atoms with van der Waals surface area (Å²) in [4.78, 5) is 18.9. The molecule has 6 nitrogen and oxygen atoms in total. The molecule has 2 amide bonds. The summed E-state index contributed by atoms with van der Waals surface area (Å²) in [7, 11) is 0. The molecule has 1 aliphatic heterocycles. The predicted molar refractivity (Wildman–Crippen MR) is 124 cm³/mol. The van der Waals surface area contributed by atoms with Crippen molar-refractivity contribution in [3.63, 3.8) is 0 Å². The minimum atomic E-state index is -1.06. The van der Waals surface area contributed by atoms with Gasteiger partial charge in [-0.3, -0.25) is 4.90 Å². The molecule has 0 spiro atoms. The SMILES string of the molecule is CC1=C(c2nc(-c3cccc(Cl)c3)no2)C(c2ccccc2)NC(=O)N1c1ccc(F)c(F)c1. The van der Waals surface area contributed by atoms with Crippen LogP contribution in [0.4, 0.5) is 19.3 Å². The Kier molecular flexibility index (Phi) is 5.59. The first-order valence-corrected chi connectivity index (χ1v) is 10.7. The van der Waals surface area contributed by atoms with Crippen LogP contribution in [0.1, 0.15) is 24.4 Å².